The number of aliphatic hydroxyl groups excluding tert-OH is 3. The van der Waals surface area contributed by atoms with Crippen LogP contribution in [0.3, 0.4) is 0 Å². The van der Waals surface area contributed by atoms with Gasteiger partial charge in [0.05, 0.1) is 24.9 Å². The quantitative estimate of drug-likeness (QED) is 0.381. The Bertz CT molecular complexity index is 127. The van der Waals surface area contributed by atoms with Crippen molar-refractivity contribution in [1.29, 1.82) is 0 Å². The molecule has 1 rings (SSSR count). The number of aliphatic hydroxyl groups is 3. The first-order valence-electron chi connectivity index (χ1n) is 3.94. The summed E-state index contributed by atoms with van der Waals surface area (Å²) in [6.07, 6.45) is -2.29. The molecule has 12 heavy (non-hydrogen) atoms. The van der Waals surface area contributed by atoms with Crippen LogP contribution in [0.15, 0.2) is 0 Å². The number of nitrogens with one attached hydrogen (secondary N) is 1. The van der Waals surface area contributed by atoms with Crippen molar-refractivity contribution >= 4 is 0 Å². The van der Waals surface area contributed by atoms with Gasteiger partial charge in [-0.05, 0) is 0 Å². The highest BCUT2D eigenvalue weighted by Crippen LogP contribution is 2.12. The van der Waals surface area contributed by atoms with E-state index in [4.69, 9.17) is 9.84 Å². The predicted octanol–water partition coefficient (Wildman–Crippen LogP) is -2.31. The molecular formula is C7H15NO4. The maximum Gasteiger partial charge on any atom is 0.109 e. The highest BCUT2D eigenvalue weighted by atomic mass is 16.5. The fraction of sp³-hybridized carbons (Fsp3) is 1.00. The molecule has 4 unspecified atom stereocenters. The van der Waals surface area contributed by atoms with Gasteiger partial charge in [0.15, 0.2) is 0 Å². The first-order valence-corrected chi connectivity index (χ1v) is 3.94. The van der Waals surface area contributed by atoms with E-state index in [9.17, 15) is 10.2 Å². The summed E-state index contributed by atoms with van der Waals surface area (Å²) in [6.45, 7) is 0.259. The van der Waals surface area contributed by atoms with Crippen LogP contribution in [-0.2, 0) is 4.74 Å². The summed E-state index contributed by atoms with van der Waals surface area (Å²) < 4.78 is 4.91. The lowest BCUT2D eigenvalue weighted by atomic mass is 9.96. The molecule has 0 aromatic heterocycles. The van der Waals surface area contributed by atoms with Crippen LogP contribution < -0.4 is 5.32 Å². The normalized spacial score (nSPS) is 43.0. The summed E-state index contributed by atoms with van der Waals surface area (Å²) in [5.41, 5.74) is 0. The Balaban J connectivity index is 2.52. The molecular weight excluding hydrogens is 162 g/mol. The van der Waals surface area contributed by atoms with Crippen LogP contribution in [0.4, 0.5) is 0 Å². The molecule has 0 bridgehead atoms. The van der Waals surface area contributed by atoms with Gasteiger partial charge in [-0.3, -0.25) is 0 Å². The van der Waals surface area contributed by atoms with Crippen molar-refractivity contribution in [2.45, 2.75) is 24.4 Å². The van der Waals surface area contributed by atoms with Crippen LogP contribution >= 0.6 is 0 Å². The number of ether oxygens (including phenoxy) is 1. The maximum atomic E-state index is 9.41. The average Bonchev–Trinajstić information content (AvgIpc) is 2.10. The van der Waals surface area contributed by atoms with Crippen molar-refractivity contribution in [3.8, 4) is 0 Å². The van der Waals surface area contributed by atoms with E-state index in [2.05, 4.69) is 5.32 Å². The van der Waals surface area contributed by atoms with Gasteiger partial charge in [-0.2, -0.15) is 0 Å². The van der Waals surface area contributed by atoms with Crippen molar-refractivity contribution in [3.05, 3.63) is 0 Å². The van der Waals surface area contributed by atoms with Gasteiger partial charge in [-0.25, -0.2) is 0 Å². The van der Waals surface area contributed by atoms with Crippen molar-refractivity contribution in [1.82, 2.24) is 5.32 Å². The van der Waals surface area contributed by atoms with Crippen LogP contribution in [0.25, 0.3) is 0 Å². The second kappa shape index (κ2) is 4.15. The predicted molar refractivity (Wildman–Crippen MR) is 41.7 cm³/mol. The van der Waals surface area contributed by atoms with Crippen LogP contribution in [0.1, 0.15) is 0 Å². The third-order valence-electron chi connectivity index (χ3n) is 2.22. The first kappa shape index (κ1) is 9.88. The molecule has 0 aliphatic carbocycles. The topological polar surface area (TPSA) is 82.0 Å². The minimum Gasteiger partial charge on any atom is -0.395 e. The molecule has 72 valence electrons. The highest BCUT2D eigenvalue weighted by molar-refractivity contribution is 4.92. The van der Waals surface area contributed by atoms with E-state index in [1.807, 2.05) is 0 Å². The number of methoxy groups -OCH3 is 1. The minimum atomic E-state index is -0.964. The van der Waals surface area contributed by atoms with Gasteiger partial charge in [-0.1, -0.05) is 0 Å². The lowest BCUT2D eigenvalue weighted by Crippen LogP contribution is -2.61. The van der Waals surface area contributed by atoms with Crippen molar-refractivity contribution in [2.24, 2.45) is 0 Å². The summed E-state index contributed by atoms with van der Waals surface area (Å²) in [7, 11) is 1.47. The molecule has 5 nitrogen and oxygen atoms in total. The Morgan fingerprint density at radius 2 is 2.08 bits per heavy atom. The molecule has 1 aliphatic rings. The zero-order valence-electron chi connectivity index (χ0n) is 6.97. The van der Waals surface area contributed by atoms with Gasteiger partial charge in [0.2, 0.25) is 0 Å². The Kier molecular flexibility index (Phi) is 3.42. The van der Waals surface area contributed by atoms with Crippen LogP contribution in [0.5, 0.6) is 0 Å². The van der Waals surface area contributed by atoms with Crippen LogP contribution in [0.2, 0.25) is 0 Å². The molecule has 4 N–H and O–H groups in total. The molecule has 1 aliphatic heterocycles. The van der Waals surface area contributed by atoms with Gasteiger partial charge in [0.1, 0.15) is 6.10 Å². The fourth-order valence-corrected chi connectivity index (χ4v) is 1.36. The monoisotopic (exact) mass is 177 g/mol. The second-order valence-corrected chi connectivity index (χ2v) is 2.95. The van der Waals surface area contributed by atoms with Gasteiger partial charge in [-0.15, -0.1) is 0 Å². The van der Waals surface area contributed by atoms with E-state index < -0.39 is 24.4 Å². The molecule has 1 fully saturated rings. The summed E-state index contributed by atoms with van der Waals surface area (Å²) in [6, 6.07) is -0.452. The van der Waals surface area contributed by atoms with Crippen LogP contribution in [-0.4, -0.2) is 59.9 Å². The van der Waals surface area contributed by atoms with Crippen LogP contribution in [0, 0.1) is 0 Å². The zero-order chi connectivity index (χ0) is 9.14. The molecule has 4 atom stereocenters. The van der Waals surface area contributed by atoms with E-state index >= 15 is 0 Å². The molecule has 0 amide bonds. The third kappa shape index (κ3) is 1.75. The number of piperidine rings is 1. The Hall–Kier alpha value is -0.200. The molecule has 0 aromatic rings. The van der Waals surface area contributed by atoms with Gasteiger partial charge in [0.25, 0.3) is 0 Å². The summed E-state index contributed by atoms with van der Waals surface area (Å²) in [5, 5.41) is 30.4. The largest absolute Gasteiger partial charge is 0.395 e. The minimum absolute atomic E-state index is 0.186. The third-order valence-corrected chi connectivity index (χ3v) is 2.22. The molecule has 5 heteroatoms. The maximum absolute atomic E-state index is 9.41. The Morgan fingerprint density at radius 3 is 2.58 bits per heavy atom. The molecule has 1 saturated heterocycles. The van der Waals surface area contributed by atoms with Crippen molar-refractivity contribution < 1.29 is 20.1 Å². The van der Waals surface area contributed by atoms with Crippen molar-refractivity contribution in [3.63, 3.8) is 0 Å². The smallest absolute Gasteiger partial charge is 0.109 e. The Morgan fingerprint density at radius 1 is 1.42 bits per heavy atom. The highest BCUT2D eigenvalue weighted by Gasteiger charge is 2.36. The van der Waals surface area contributed by atoms with Gasteiger partial charge in [0, 0.05) is 13.7 Å². The van der Waals surface area contributed by atoms with Gasteiger partial charge < -0.3 is 25.4 Å². The molecule has 0 saturated carbocycles. The fourth-order valence-electron chi connectivity index (χ4n) is 1.36. The standard InChI is InChI=1S/C7H15NO4/c1-12-5-2-8-4(3-9)6(10)7(5)11/h4-11H,2-3H2,1H3. The zero-order valence-corrected chi connectivity index (χ0v) is 6.97. The summed E-state index contributed by atoms with van der Waals surface area (Å²) >= 11 is 0. The molecule has 0 spiro atoms. The molecule has 0 radical (unpaired) electrons. The van der Waals surface area contributed by atoms with E-state index in [-0.39, 0.29) is 6.61 Å². The first-order chi connectivity index (χ1) is 5.70. The average molecular weight is 177 g/mol. The summed E-state index contributed by atoms with van der Waals surface area (Å²) in [5.74, 6) is 0. The number of hydrogen-bond acceptors (Lipinski definition) is 5. The van der Waals surface area contributed by atoms with Gasteiger partial charge >= 0.3 is 0 Å². The molecule has 0 aromatic carbocycles. The molecule has 1 heterocycles. The van der Waals surface area contributed by atoms with E-state index in [0.29, 0.717) is 6.54 Å². The van der Waals surface area contributed by atoms with E-state index in [0.717, 1.165) is 0 Å². The lowest BCUT2D eigenvalue weighted by Gasteiger charge is -2.36. The number of hydrogen-bond donors (Lipinski definition) is 4. The Labute approximate surface area is 71.0 Å². The summed E-state index contributed by atoms with van der Waals surface area (Å²) in [4.78, 5) is 0. The number of rotatable bonds is 2. The SMILES string of the molecule is COC1CNC(CO)C(O)C1O. The van der Waals surface area contributed by atoms with E-state index in [1.54, 1.807) is 0 Å². The lowest BCUT2D eigenvalue weighted by molar-refractivity contribution is -0.113. The van der Waals surface area contributed by atoms with Crippen molar-refractivity contribution in [2.75, 3.05) is 20.3 Å². The second-order valence-electron chi connectivity index (χ2n) is 2.95. The van der Waals surface area contributed by atoms with E-state index in [1.165, 1.54) is 7.11 Å².